The lowest BCUT2D eigenvalue weighted by Crippen LogP contribution is -2.49. The fourth-order valence-corrected chi connectivity index (χ4v) is 2.70. The van der Waals surface area contributed by atoms with Crippen LogP contribution in [-0.2, 0) is 4.79 Å². The van der Waals surface area contributed by atoms with Gasteiger partial charge in [0.15, 0.2) is 0 Å². The van der Waals surface area contributed by atoms with E-state index in [1.165, 1.54) is 25.8 Å². The van der Waals surface area contributed by atoms with E-state index in [1.807, 2.05) is 4.90 Å². The molecule has 2 rings (SSSR count). The van der Waals surface area contributed by atoms with Crippen molar-refractivity contribution < 1.29 is 4.79 Å². The topological polar surface area (TPSA) is 32.3 Å². The number of fused-ring (bicyclic) bond motifs is 1. The van der Waals surface area contributed by atoms with Gasteiger partial charge in [-0.1, -0.05) is 6.42 Å². The van der Waals surface area contributed by atoms with Gasteiger partial charge in [-0.2, -0.15) is 0 Å². The van der Waals surface area contributed by atoms with Gasteiger partial charge in [-0.3, -0.25) is 4.79 Å². The molecule has 0 aliphatic carbocycles. The minimum Gasteiger partial charge on any atom is -0.343 e. The summed E-state index contributed by atoms with van der Waals surface area (Å²) < 4.78 is 0. The molecule has 0 aromatic rings. The van der Waals surface area contributed by atoms with Crippen LogP contribution >= 0.6 is 0 Å². The molecule has 2 aliphatic rings. The monoisotopic (exact) mass is 196 g/mol. The lowest BCUT2D eigenvalue weighted by Gasteiger charge is -2.37. The van der Waals surface area contributed by atoms with E-state index in [0.29, 0.717) is 12.0 Å². The number of nitrogens with zero attached hydrogens (tertiary/aromatic N) is 1. The SMILES string of the molecule is CC(=O)N1CC[C@H]2NCCCC[C@H]2C1. The Balaban J connectivity index is 1.96. The van der Waals surface area contributed by atoms with Crippen LogP contribution in [0.4, 0.5) is 0 Å². The number of hydrogen-bond acceptors (Lipinski definition) is 2. The molecule has 0 aromatic heterocycles. The predicted octanol–water partition coefficient (Wildman–Crippen LogP) is 0.997. The van der Waals surface area contributed by atoms with Crippen molar-refractivity contribution >= 4 is 5.91 Å². The first-order chi connectivity index (χ1) is 6.77. The van der Waals surface area contributed by atoms with Crippen molar-refractivity contribution in [2.24, 2.45) is 5.92 Å². The van der Waals surface area contributed by atoms with Crippen molar-refractivity contribution in [2.75, 3.05) is 19.6 Å². The van der Waals surface area contributed by atoms with Gasteiger partial charge in [-0.15, -0.1) is 0 Å². The smallest absolute Gasteiger partial charge is 0.219 e. The average Bonchev–Trinajstić information content (AvgIpc) is 2.41. The molecule has 1 amide bonds. The van der Waals surface area contributed by atoms with E-state index in [-0.39, 0.29) is 5.91 Å². The highest BCUT2D eigenvalue weighted by molar-refractivity contribution is 5.73. The van der Waals surface area contributed by atoms with Crippen molar-refractivity contribution in [1.29, 1.82) is 0 Å². The highest BCUT2D eigenvalue weighted by Gasteiger charge is 2.30. The van der Waals surface area contributed by atoms with E-state index in [2.05, 4.69) is 5.32 Å². The summed E-state index contributed by atoms with van der Waals surface area (Å²) in [6.45, 7) is 4.78. The minimum atomic E-state index is 0.243. The molecule has 0 saturated carbocycles. The summed E-state index contributed by atoms with van der Waals surface area (Å²) in [5.74, 6) is 0.947. The zero-order valence-corrected chi connectivity index (χ0v) is 8.96. The Morgan fingerprint density at radius 2 is 2.21 bits per heavy atom. The molecule has 1 N–H and O–H groups in total. The number of nitrogens with one attached hydrogen (secondary N) is 1. The maximum Gasteiger partial charge on any atom is 0.219 e. The maximum absolute atomic E-state index is 11.3. The lowest BCUT2D eigenvalue weighted by molar-refractivity contribution is -0.131. The summed E-state index contributed by atoms with van der Waals surface area (Å²) >= 11 is 0. The van der Waals surface area contributed by atoms with E-state index in [0.717, 1.165) is 19.5 Å². The lowest BCUT2D eigenvalue weighted by atomic mass is 9.89. The molecule has 14 heavy (non-hydrogen) atoms. The van der Waals surface area contributed by atoms with Gasteiger partial charge in [0, 0.05) is 26.1 Å². The standard InChI is InChI=1S/C11H20N2O/c1-9(14)13-7-5-11-10(8-13)4-2-3-6-12-11/h10-12H,2-8H2,1H3/t10-,11+/m0/s1. The Morgan fingerprint density at radius 3 is 3.00 bits per heavy atom. The minimum absolute atomic E-state index is 0.243. The van der Waals surface area contributed by atoms with Crippen LogP contribution in [0.1, 0.15) is 32.6 Å². The molecule has 2 heterocycles. The number of rotatable bonds is 0. The third kappa shape index (κ3) is 2.08. The number of carbonyl (C=O) groups is 1. The summed E-state index contributed by atoms with van der Waals surface area (Å²) in [5.41, 5.74) is 0. The fourth-order valence-electron chi connectivity index (χ4n) is 2.70. The molecule has 2 fully saturated rings. The number of carbonyl (C=O) groups excluding carboxylic acids is 1. The van der Waals surface area contributed by atoms with Crippen LogP contribution in [0.2, 0.25) is 0 Å². The molecular formula is C11H20N2O. The molecule has 0 radical (unpaired) electrons. The highest BCUT2D eigenvalue weighted by atomic mass is 16.2. The maximum atomic E-state index is 11.3. The predicted molar refractivity (Wildman–Crippen MR) is 56.0 cm³/mol. The summed E-state index contributed by atoms with van der Waals surface area (Å²) in [5, 5.41) is 3.61. The summed E-state index contributed by atoms with van der Waals surface area (Å²) in [7, 11) is 0. The van der Waals surface area contributed by atoms with Crippen molar-refractivity contribution in [3.63, 3.8) is 0 Å². The van der Waals surface area contributed by atoms with Gasteiger partial charge < -0.3 is 10.2 Å². The second-order valence-electron chi connectivity index (χ2n) is 4.57. The number of likely N-dealkylation sites (tertiary alicyclic amines) is 1. The third-order valence-electron chi connectivity index (χ3n) is 3.59. The number of hydrogen-bond donors (Lipinski definition) is 1. The van der Waals surface area contributed by atoms with Gasteiger partial charge in [0.25, 0.3) is 0 Å². The van der Waals surface area contributed by atoms with Crippen molar-refractivity contribution in [1.82, 2.24) is 10.2 Å². The van der Waals surface area contributed by atoms with E-state index in [9.17, 15) is 4.79 Å². The van der Waals surface area contributed by atoms with Crippen LogP contribution in [0.25, 0.3) is 0 Å². The van der Waals surface area contributed by atoms with Crippen LogP contribution in [-0.4, -0.2) is 36.5 Å². The average molecular weight is 196 g/mol. The first-order valence-corrected chi connectivity index (χ1v) is 5.76. The van der Waals surface area contributed by atoms with E-state index in [1.54, 1.807) is 6.92 Å². The zero-order valence-electron chi connectivity index (χ0n) is 8.96. The Labute approximate surface area is 85.8 Å². The molecule has 2 atom stereocenters. The molecule has 0 bridgehead atoms. The summed E-state index contributed by atoms with van der Waals surface area (Å²) in [6.07, 6.45) is 5.05. The summed E-state index contributed by atoms with van der Waals surface area (Å²) in [6, 6.07) is 0.674. The largest absolute Gasteiger partial charge is 0.343 e. The third-order valence-corrected chi connectivity index (χ3v) is 3.59. The van der Waals surface area contributed by atoms with Crippen molar-refractivity contribution in [2.45, 2.75) is 38.6 Å². The van der Waals surface area contributed by atoms with E-state index in [4.69, 9.17) is 0 Å². The fraction of sp³-hybridized carbons (Fsp3) is 0.909. The van der Waals surface area contributed by atoms with Gasteiger partial charge in [-0.05, 0) is 31.7 Å². The molecule has 80 valence electrons. The molecule has 3 heteroatoms. The van der Waals surface area contributed by atoms with Gasteiger partial charge in [0.1, 0.15) is 0 Å². The van der Waals surface area contributed by atoms with Crippen molar-refractivity contribution in [3.05, 3.63) is 0 Å². The van der Waals surface area contributed by atoms with E-state index >= 15 is 0 Å². The molecular weight excluding hydrogens is 176 g/mol. The van der Waals surface area contributed by atoms with Gasteiger partial charge in [-0.25, -0.2) is 0 Å². The van der Waals surface area contributed by atoms with Crippen LogP contribution < -0.4 is 5.32 Å². The zero-order chi connectivity index (χ0) is 9.97. The quantitative estimate of drug-likeness (QED) is 0.627. The molecule has 2 saturated heterocycles. The van der Waals surface area contributed by atoms with Crippen molar-refractivity contribution in [3.8, 4) is 0 Å². The van der Waals surface area contributed by atoms with Gasteiger partial charge in [0.05, 0.1) is 0 Å². The van der Waals surface area contributed by atoms with Crippen LogP contribution in [0.5, 0.6) is 0 Å². The normalized spacial score (nSPS) is 33.4. The highest BCUT2D eigenvalue weighted by Crippen LogP contribution is 2.24. The summed E-state index contributed by atoms with van der Waals surface area (Å²) in [4.78, 5) is 13.3. The Kier molecular flexibility index (Phi) is 3.06. The number of piperidine rings is 1. The second kappa shape index (κ2) is 4.30. The molecule has 2 aliphatic heterocycles. The molecule has 0 unspecified atom stereocenters. The second-order valence-corrected chi connectivity index (χ2v) is 4.57. The first-order valence-electron chi connectivity index (χ1n) is 5.76. The van der Waals surface area contributed by atoms with E-state index < -0.39 is 0 Å². The van der Waals surface area contributed by atoms with Crippen LogP contribution in [0, 0.1) is 5.92 Å². The Hall–Kier alpha value is -0.570. The Bertz CT molecular complexity index is 217. The van der Waals surface area contributed by atoms with Gasteiger partial charge >= 0.3 is 0 Å². The molecule has 0 aromatic carbocycles. The molecule has 3 nitrogen and oxygen atoms in total. The first kappa shape index (κ1) is 9.97. The van der Waals surface area contributed by atoms with Crippen LogP contribution in [0.3, 0.4) is 0 Å². The Morgan fingerprint density at radius 1 is 1.36 bits per heavy atom. The van der Waals surface area contributed by atoms with Gasteiger partial charge in [0.2, 0.25) is 5.91 Å². The molecule has 0 spiro atoms. The van der Waals surface area contributed by atoms with Crippen LogP contribution in [0.15, 0.2) is 0 Å². The number of amides is 1.